The Labute approximate surface area is 202 Å². The summed E-state index contributed by atoms with van der Waals surface area (Å²) in [6.45, 7) is 0. The maximum Gasteiger partial charge on any atom is 0.283 e. The lowest BCUT2D eigenvalue weighted by atomic mass is 9.97. The number of H-pyrrole nitrogens is 1. The van der Waals surface area contributed by atoms with Crippen molar-refractivity contribution in [1.29, 1.82) is 0 Å². The fraction of sp³-hybridized carbons (Fsp3) is 0.160. The van der Waals surface area contributed by atoms with Gasteiger partial charge in [-0.2, -0.15) is 0 Å². The number of nitrogens with one attached hydrogen (secondary N) is 1. The van der Waals surface area contributed by atoms with E-state index in [1.165, 1.54) is 22.7 Å². The van der Waals surface area contributed by atoms with Gasteiger partial charge in [0.05, 0.1) is 20.7 Å². The highest BCUT2D eigenvalue weighted by Crippen LogP contribution is 2.40. The quantitative estimate of drug-likeness (QED) is 0.242. The van der Waals surface area contributed by atoms with E-state index < -0.39 is 4.92 Å². The van der Waals surface area contributed by atoms with E-state index in [-0.39, 0.29) is 11.2 Å². The van der Waals surface area contributed by atoms with Gasteiger partial charge in [0.1, 0.15) is 10.7 Å². The second-order valence-electron chi connectivity index (χ2n) is 8.18. The van der Waals surface area contributed by atoms with E-state index in [0.717, 1.165) is 47.0 Å². The van der Waals surface area contributed by atoms with Crippen molar-refractivity contribution < 1.29 is 4.92 Å². The van der Waals surface area contributed by atoms with Gasteiger partial charge in [-0.15, -0.1) is 11.3 Å². The number of aromatic amines is 1. The van der Waals surface area contributed by atoms with E-state index in [0.29, 0.717) is 26.5 Å². The van der Waals surface area contributed by atoms with Crippen LogP contribution in [-0.4, -0.2) is 19.9 Å². The largest absolute Gasteiger partial charge is 0.306 e. The van der Waals surface area contributed by atoms with Crippen molar-refractivity contribution in [1.82, 2.24) is 15.0 Å². The number of thiophene rings is 1. The maximum absolute atomic E-state index is 12.9. The van der Waals surface area contributed by atoms with Crippen molar-refractivity contribution in [2.24, 2.45) is 0 Å². The molecule has 0 radical (unpaired) electrons. The van der Waals surface area contributed by atoms with Crippen LogP contribution in [0, 0.1) is 10.1 Å². The molecule has 9 heteroatoms. The monoisotopic (exact) mass is 486 g/mol. The molecule has 168 valence electrons. The zero-order chi connectivity index (χ0) is 23.2. The Bertz CT molecular complexity index is 1650. The zero-order valence-corrected chi connectivity index (χ0v) is 19.5. The van der Waals surface area contributed by atoms with Gasteiger partial charge in [0.2, 0.25) is 0 Å². The SMILES string of the molecule is O=c1[nH]c(-c2ccc(Sc3cccc4cccnc34)c([N+](=O)[O-])c2)nc2sc3c(c12)CCCC3. The number of aromatic nitrogens is 3. The van der Waals surface area contributed by atoms with Gasteiger partial charge in [-0.1, -0.05) is 30.0 Å². The third kappa shape index (κ3) is 3.57. The van der Waals surface area contributed by atoms with Crippen LogP contribution in [0.4, 0.5) is 5.69 Å². The number of rotatable bonds is 4. The summed E-state index contributed by atoms with van der Waals surface area (Å²) in [5.74, 6) is 0.350. The highest BCUT2D eigenvalue weighted by Gasteiger charge is 2.22. The molecule has 3 aromatic heterocycles. The number of nitro benzene ring substituents is 1. The molecule has 0 fully saturated rings. The van der Waals surface area contributed by atoms with Crippen LogP contribution in [0.2, 0.25) is 0 Å². The van der Waals surface area contributed by atoms with Gasteiger partial charge < -0.3 is 4.98 Å². The molecule has 5 aromatic rings. The first-order chi connectivity index (χ1) is 16.6. The third-order valence-electron chi connectivity index (χ3n) is 6.07. The average molecular weight is 487 g/mol. The first-order valence-electron chi connectivity index (χ1n) is 10.9. The molecular formula is C25H18N4O3S2. The lowest BCUT2D eigenvalue weighted by Crippen LogP contribution is -2.11. The first kappa shape index (κ1) is 21.0. The van der Waals surface area contributed by atoms with E-state index in [1.54, 1.807) is 29.7 Å². The molecule has 7 nitrogen and oxygen atoms in total. The fourth-order valence-corrected chi connectivity index (χ4v) is 6.76. The van der Waals surface area contributed by atoms with Gasteiger partial charge in [0.15, 0.2) is 0 Å². The Morgan fingerprint density at radius 1 is 1.06 bits per heavy atom. The van der Waals surface area contributed by atoms with E-state index in [1.807, 2.05) is 30.3 Å². The Hall–Kier alpha value is -3.56. The van der Waals surface area contributed by atoms with Crippen LogP contribution in [0.5, 0.6) is 0 Å². The van der Waals surface area contributed by atoms with E-state index in [9.17, 15) is 14.9 Å². The topological polar surface area (TPSA) is 102 Å². The Morgan fingerprint density at radius 2 is 1.91 bits per heavy atom. The average Bonchev–Trinajstić information content (AvgIpc) is 3.23. The minimum Gasteiger partial charge on any atom is -0.306 e. The molecule has 0 atom stereocenters. The highest BCUT2D eigenvalue weighted by atomic mass is 32.2. The Balaban J connectivity index is 1.43. The predicted molar refractivity (Wildman–Crippen MR) is 135 cm³/mol. The number of pyridine rings is 1. The van der Waals surface area contributed by atoms with E-state index >= 15 is 0 Å². The normalized spacial score (nSPS) is 13.3. The van der Waals surface area contributed by atoms with E-state index in [4.69, 9.17) is 0 Å². The lowest BCUT2D eigenvalue weighted by molar-refractivity contribution is -0.387. The van der Waals surface area contributed by atoms with Gasteiger partial charge in [-0.25, -0.2) is 4.98 Å². The van der Waals surface area contributed by atoms with Crippen LogP contribution < -0.4 is 5.56 Å². The van der Waals surface area contributed by atoms with Crippen molar-refractivity contribution in [3.63, 3.8) is 0 Å². The molecule has 0 aliphatic heterocycles. The molecule has 0 unspecified atom stereocenters. The molecular weight excluding hydrogens is 468 g/mol. The first-order valence-corrected chi connectivity index (χ1v) is 12.6. The van der Waals surface area contributed by atoms with E-state index in [2.05, 4.69) is 15.0 Å². The van der Waals surface area contributed by atoms with Crippen LogP contribution in [0.25, 0.3) is 32.5 Å². The summed E-state index contributed by atoms with van der Waals surface area (Å²) in [5, 5.41) is 13.6. The standard InChI is InChI=1S/C25H18N4O3S2/c30-24-21-16-7-1-2-8-18(16)34-25(21)28-23(27-24)15-10-11-19(17(13-15)29(31)32)33-20-9-3-5-14-6-4-12-26-22(14)20/h3-6,9-13H,1-2,7-8H2,(H,27,28,30). The molecule has 34 heavy (non-hydrogen) atoms. The van der Waals surface area contributed by atoms with Crippen LogP contribution >= 0.6 is 23.1 Å². The van der Waals surface area contributed by atoms with Crippen LogP contribution in [0.3, 0.4) is 0 Å². The summed E-state index contributed by atoms with van der Waals surface area (Å²) in [7, 11) is 0. The number of nitrogens with zero attached hydrogens (tertiary/aromatic N) is 3. The predicted octanol–water partition coefficient (Wildman–Crippen LogP) is 6.14. The summed E-state index contributed by atoms with van der Waals surface area (Å²) in [6, 6.07) is 14.6. The number of hydrogen-bond donors (Lipinski definition) is 1. The molecule has 1 N–H and O–H groups in total. The van der Waals surface area contributed by atoms with Crippen molar-refractivity contribution in [2.75, 3.05) is 0 Å². The Morgan fingerprint density at radius 3 is 2.79 bits per heavy atom. The molecule has 0 saturated heterocycles. The molecule has 3 heterocycles. The number of nitro groups is 1. The number of fused-ring (bicyclic) bond motifs is 4. The summed E-state index contributed by atoms with van der Waals surface area (Å²) in [6.07, 6.45) is 5.80. The van der Waals surface area contributed by atoms with Gasteiger partial charge >= 0.3 is 0 Å². The molecule has 6 rings (SSSR count). The minimum atomic E-state index is -0.398. The minimum absolute atomic E-state index is 0.0383. The lowest BCUT2D eigenvalue weighted by Gasteiger charge is -2.09. The summed E-state index contributed by atoms with van der Waals surface area (Å²) in [4.78, 5) is 39.8. The number of benzene rings is 2. The van der Waals surface area contributed by atoms with Gasteiger partial charge in [-0.05, 0) is 55.5 Å². The van der Waals surface area contributed by atoms with Crippen LogP contribution in [0.15, 0.2) is 69.3 Å². The number of aryl methyl sites for hydroxylation is 2. The van der Waals surface area contributed by atoms with Crippen LogP contribution in [0.1, 0.15) is 23.3 Å². The summed E-state index contributed by atoms with van der Waals surface area (Å²) < 4.78 is 0. The van der Waals surface area contributed by atoms with Gasteiger partial charge in [0.25, 0.3) is 11.2 Å². The van der Waals surface area contributed by atoms with Crippen molar-refractivity contribution in [3.05, 3.63) is 85.6 Å². The second kappa shape index (κ2) is 8.34. The highest BCUT2D eigenvalue weighted by molar-refractivity contribution is 7.99. The third-order valence-corrected chi connectivity index (χ3v) is 8.37. The molecule has 0 spiro atoms. The molecule has 2 aromatic carbocycles. The molecule has 0 bridgehead atoms. The molecule has 0 saturated carbocycles. The summed E-state index contributed by atoms with van der Waals surface area (Å²) in [5.41, 5.74) is 2.21. The van der Waals surface area contributed by atoms with Gasteiger partial charge in [-0.3, -0.25) is 19.9 Å². The zero-order valence-electron chi connectivity index (χ0n) is 17.9. The summed E-state index contributed by atoms with van der Waals surface area (Å²) >= 11 is 2.87. The number of para-hydroxylation sites is 1. The molecule has 0 amide bonds. The van der Waals surface area contributed by atoms with Crippen molar-refractivity contribution in [2.45, 2.75) is 35.5 Å². The van der Waals surface area contributed by atoms with Crippen molar-refractivity contribution >= 4 is 49.9 Å². The smallest absolute Gasteiger partial charge is 0.283 e. The van der Waals surface area contributed by atoms with Gasteiger partial charge in [0, 0.05) is 33.0 Å². The maximum atomic E-state index is 12.9. The van der Waals surface area contributed by atoms with Crippen LogP contribution in [-0.2, 0) is 12.8 Å². The Kier molecular flexibility index (Phi) is 5.15. The fourth-order valence-electron chi connectivity index (χ4n) is 4.47. The van der Waals surface area contributed by atoms with Crippen molar-refractivity contribution in [3.8, 4) is 11.4 Å². The second-order valence-corrected chi connectivity index (χ2v) is 10.3. The molecule has 1 aliphatic rings. The molecule has 1 aliphatic carbocycles. The number of hydrogen-bond acceptors (Lipinski definition) is 7.